The highest BCUT2D eigenvalue weighted by Gasteiger charge is 2.22. The molecule has 0 unspecified atom stereocenters. The molecule has 0 spiro atoms. The summed E-state index contributed by atoms with van der Waals surface area (Å²) in [6.45, 7) is 18.5. The summed E-state index contributed by atoms with van der Waals surface area (Å²) in [6, 6.07) is -4.54. The van der Waals surface area contributed by atoms with Crippen LogP contribution in [0.15, 0.2) is 0 Å². The first kappa shape index (κ1) is 27.5. The van der Waals surface area contributed by atoms with Crippen molar-refractivity contribution in [2.75, 3.05) is 89.3 Å². The van der Waals surface area contributed by atoms with E-state index in [1.807, 2.05) is 0 Å². The minimum atomic E-state index is -1.14. The molecule has 0 saturated heterocycles. The van der Waals surface area contributed by atoms with Crippen molar-refractivity contribution in [2.45, 2.75) is 0 Å². The third kappa shape index (κ3) is 18.8. The SMILES string of the molecule is CP(C)(=S)CP(CCP(CP(C)(C)=S)CP(C)(C)=S)CP(C)(C)=S. The highest BCUT2D eigenvalue weighted by molar-refractivity contribution is 8.20. The van der Waals surface area contributed by atoms with E-state index in [1.165, 1.54) is 35.9 Å². The molecule has 24 heavy (non-hydrogen) atoms. The quantitative estimate of drug-likeness (QED) is 0.278. The molecule has 0 bridgehead atoms. The topological polar surface area (TPSA) is 0 Å². The summed E-state index contributed by atoms with van der Waals surface area (Å²) in [5.74, 6) is 5.17. The standard InChI is InChI=1S/C14H36P6S4/c1-17(2,21)11-15(12-18(3,4)22)9-10-16(13-19(5,6)23)14-20(7,8)24/h9-14H2,1-8H3. The summed E-state index contributed by atoms with van der Waals surface area (Å²) in [6.07, 6.45) is 2.73. The number of hydrogen-bond donors (Lipinski definition) is 0. The molecule has 0 heterocycles. The van der Waals surface area contributed by atoms with Gasteiger partial charge in [0.05, 0.1) is 0 Å². The third-order valence-electron chi connectivity index (χ3n) is 2.89. The van der Waals surface area contributed by atoms with Crippen molar-refractivity contribution in [3.05, 3.63) is 0 Å². The normalized spacial score (nSPS) is 14.6. The Balaban J connectivity index is 5.07. The van der Waals surface area contributed by atoms with E-state index >= 15 is 0 Å². The van der Waals surface area contributed by atoms with Gasteiger partial charge in [0.2, 0.25) is 0 Å². The molecule has 146 valence electrons. The fourth-order valence-corrected chi connectivity index (χ4v) is 30.7. The lowest BCUT2D eigenvalue weighted by Gasteiger charge is -2.30. The second-order valence-electron chi connectivity index (χ2n) is 8.65. The van der Waals surface area contributed by atoms with Gasteiger partial charge in [0.15, 0.2) is 0 Å². The van der Waals surface area contributed by atoms with E-state index in [9.17, 15) is 0 Å². The lowest BCUT2D eigenvalue weighted by atomic mass is 11.0. The Morgan fingerprint density at radius 2 is 0.625 bits per heavy atom. The molecule has 0 aromatic carbocycles. The predicted molar refractivity (Wildman–Crippen MR) is 148 cm³/mol. The van der Waals surface area contributed by atoms with Crippen molar-refractivity contribution in [1.29, 1.82) is 0 Å². The Labute approximate surface area is 175 Å². The van der Waals surface area contributed by atoms with Gasteiger partial charge < -0.3 is 0 Å². The van der Waals surface area contributed by atoms with Crippen molar-refractivity contribution < 1.29 is 0 Å². The molecule has 0 radical (unpaired) electrons. The molecule has 0 nitrogen and oxygen atoms in total. The maximum absolute atomic E-state index is 5.79. The molecule has 0 atom stereocenters. The highest BCUT2D eigenvalue weighted by atomic mass is 32.5. The molecule has 0 aliphatic rings. The van der Waals surface area contributed by atoms with E-state index in [0.29, 0.717) is 0 Å². The van der Waals surface area contributed by atoms with Crippen LogP contribution in [0, 0.1) is 0 Å². The largest absolute Gasteiger partial charge is 0.0977 e. The van der Waals surface area contributed by atoms with Crippen LogP contribution in [-0.4, -0.2) is 89.3 Å². The van der Waals surface area contributed by atoms with E-state index in [2.05, 4.69) is 53.3 Å². The Bertz CT molecular complexity index is 478. The average Bonchev–Trinajstić information content (AvgIpc) is 2.16. The average molecular weight is 519 g/mol. The summed E-state index contributed by atoms with van der Waals surface area (Å²) < 4.78 is 0. The van der Waals surface area contributed by atoms with Crippen LogP contribution >= 0.6 is 40.0 Å². The Kier molecular flexibility index (Phi) is 12.6. The van der Waals surface area contributed by atoms with Crippen molar-refractivity contribution in [1.82, 2.24) is 0 Å². The summed E-state index contributed by atoms with van der Waals surface area (Å²) in [7, 11) is 0.0217. The number of hydrogen-bond acceptors (Lipinski definition) is 4. The zero-order chi connectivity index (χ0) is 19.4. The molecule has 0 aliphatic heterocycles. The third-order valence-corrected chi connectivity index (χ3v) is 26.4. The van der Waals surface area contributed by atoms with Crippen molar-refractivity contribution in [3.8, 4) is 0 Å². The predicted octanol–water partition coefficient (Wildman–Crippen LogP) is 6.74. The molecule has 0 N–H and O–H groups in total. The van der Waals surface area contributed by atoms with E-state index in [4.69, 9.17) is 47.2 Å². The van der Waals surface area contributed by atoms with Crippen LogP contribution in [0.25, 0.3) is 0 Å². The minimum Gasteiger partial charge on any atom is -0.0977 e. The Morgan fingerprint density at radius 3 is 0.750 bits per heavy atom. The second kappa shape index (κ2) is 11.0. The maximum Gasteiger partial charge on any atom is -0.00309 e. The van der Waals surface area contributed by atoms with Crippen molar-refractivity contribution in [3.63, 3.8) is 0 Å². The van der Waals surface area contributed by atoms with Gasteiger partial charge in [-0.1, -0.05) is 63.1 Å². The monoisotopic (exact) mass is 518 g/mol. The van der Waals surface area contributed by atoms with Crippen LogP contribution in [-0.2, 0) is 47.2 Å². The fourth-order valence-electron chi connectivity index (χ4n) is 2.58. The zero-order valence-electron chi connectivity index (χ0n) is 16.6. The van der Waals surface area contributed by atoms with Crippen LogP contribution in [0.2, 0.25) is 0 Å². The van der Waals surface area contributed by atoms with Gasteiger partial charge in [0.25, 0.3) is 0 Å². The fraction of sp³-hybridized carbons (Fsp3) is 1.00. The molecule has 0 amide bonds. The van der Waals surface area contributed by atoms with Crippen LogP contribution in [0.1, 0.15) is 0 Å². The van der Waals surface area contributed by atoms with Crippen LogP contribution in [0.5, 0.6) is 0 Å². The minimum absolute atomic E-state index is 0.0109. The van der Waals surface area contributed by atoms with E-state index in [1.54, 1.807) is 0 Å². The first-order valence-electron chi connectivity index (χ1n) is 7.97. The summed E-state index contributed by atoms with van der Waals surface area (Å²) >= 11 is 23.2. The van der Waals surface area contributed by atoms with Gasteiger partial charge in [-0.05, 0) is 113 Å². The first-order valence-corrected chi connectivity index (χ1v) is 27.3. The molecule has 10 heteroatoms. The van der Waals surface area contributed by atoms with Crippen LogP contribution in [0.3, 0.4) is 0 Å². The summed E-state index contributed by atoms with van der Waals surface area (Å²) in [4.78, 5) is 0. The maximum atomic E-state index is 5.79. The molecule has 0 aromatic heterocycles. The Hall–Kier alpha value is 3.46. The van der Waals surface area contributed by atoms with E-state index in [-0.39, 0.29) is 15.8 Å². The number of rotatable bonds is 11. The van der Waals surface area contributed by atoms with Gasteiger partial charge in [0.1, 0.15) is 0 Å². The zero-order valence-corrected chi connectivity index (χ0v) is 25.2. The van der Waals surface area contributed by atoms with Crippen LogP contribution < -0.4 is 0 Å². The van der Waals surface area contributed by atoms with Gasteiger partial charge in [-0.25, -0.2) is 0 Å². The second-order valence-corrected chi connectivity index (χ2v) is 41.2. The van der Waals surface area contributed by atoms with Gasteiger partial charge in [0, 0.05) is 0 Å². The van der Waals surface area contributed by atoms with Gasteiger partial charge >= 0.3 is 0 Å². The summed E-state index contributed by atoms with van der Waals surface area (Å²) in [5, 5.41) is 0. The molecular formula is C14H36P6S4. The highest BCUT2D eigenvalue weighted by Crippen LogP contribution is 2.63. The van der Waals surface area contributed by atoms with Crippen LogP contribution in [0.4, 0.5) is 0 Å². The summed E-state index contributed by atoms with van der Waals surface area (Å²) in [5.41, 5.74) is 0. The van der Waals surface area contributed by atoms with Gasteiger partial charge in [-0.15, -0.1) is 0 Å². The first-order chi connectivity index (χ1) is 10.4. The molecule has 0 fully saturated rings. The van der Waals surface area contributed by atoms with E-state index < -0.39 is 24.2 Å². The molecular weight excluding hydrogens is 482 g/mol. The van der Waals surface area contributed by atoms with Crippen molar-refractivity contribution >= 4 is 87.2 Å². The lowest BCUT2D eigenvalue weighted by Crippen LogP contribution is -2.03. The van der Waals surface area contributed by atoms with Crippen molar-refractivity contribution in [2.24, 2.45) is 0 Å². The Morgan fingerprint density at radius 1 is 0.458 bits per heavy atom. The smallest absolute Gasteiger partial charge is 0.00309 e. The molecule has 0 saturated carbocycles. The molecule has 0 rings (SSSR count). The van der Waals surface area contributed by atoms with Gasteiger partial charge in [-0.2, -0.15) is 0 Å². The van der Waals surface area contributed by atoms with Gasteiger partial charge in [-0.3, -0.25) is 0 Å². The molecule has 0 aromatic rings. The lowest BCUT2D eigenvalue weighted by molar-refractivity contribution is 1.47. The van der Waals surface area contributed by atoms with E-state index in [0.717, 1.165) is 0 Å². The molecule has 0 aliphatic carbocycles.